The summed E-state index contributed by atoms with van der Waals surface area (Å²) in [7, 11) is 0. The molecule has 0 atom stereocenters. The van der Waals surface area contributed by atoms with Crippen molar-refractivity contribution in [3.63, 3.8) is 0 Å². The number of aromatic nitrogens is 2. The molecule has 3 aromatic rings. The number of benzene rings is 1. The van der Waals surface area contributed by atoms with Crippen LogP contribution in [0.3, 0.4) is 0 Å². The zero-order chi connectivity index (χ0) is 17.9. The van der Waals surface area contributed by atoms with Crippen molar-refractivity contribution in [3.8, 4) is 11.5 Å². The molecule has 1 N–H and O–H groups in total. The highest BCUT2D eigenvalue weighted by molar-refractivity contribution is 7.16. The molecule has 2 aromatic heterocycles. The van der Waals surface area contributed by atoms with Gasteiger partial charge in [-0.1, -0.05) is 6.07 Å². The van der Waals surface area contributed by atoms with E-state index in [0.717, 1.165) is 11.3 Å². The van der Waals surface area contributed by atoms with Gasteiger partial charge in [-0.2, -0.15) is 0 Å². The van der Waals surface area contributed by atoms with Crippen molar-refractivity contribution in [2.75, 3.05) is 13.2 Å². The minimum Gasteiger partial charge on any atom is -0.486 e. The molecule has 0 fully saturated rings. The summed E-state index contributed by atoms with van der Waals surface area (Å²) in [6.45, 7) is 1.77. The number of ether oxygens (including phenoxy) is 2. The van der Waals surface area contributed by atoms with E-state index in [2.05, 4.69) is 10.3 Å². The molecule has 0 aliphatic carbocycles. The zero-order valence-corrected chi connectivity index (χ0v) is 14.8. The number of hydrogen-bond donors (Lipinski definition) is 1. The van der Waals surface area contributed by atoms with E-state index in [1.807, 2.05) is 23.6 Å². The van der Waals surface area contributed by atoms with Crippen molar-refractivity contribution in [1.82, 2.24) is 14.9 Å². The van der Waals surface area contributed by atoms with Gasteiger partial charge < -0.3 is 14.8 Å². The van der Waals surface area contributed by atoms with Gasteiger partial charge in [0.2, 0.25) is 5.91 Å². The van der Waals surface area contributed by atoms with Crippen molar-refractivity contribution in [2.24, 2.45) is 0 Å². The molecule has 26 heavy (non-hydrogen) atoms. The maximum atomic E-state index is 12.3. The van der Waals surface area contributed by atoms with Crippen molar-refractivity contribution < 1.29 is 14.3 Å². The fourth-order valence-electron chi connectivity index (χ4n) is 2.76. The lowest BCUT2D eigenvalue weighted by Gasteiger charge is -2.19. The normalized spacial score (nSPS) is 12.9. The monoisotopic (exact) mass is 371 g/mol. The summed E-state index contributed by atoms with van der Waals surface area (Å²) >= 11 is 1.43. The average Bonchev–Trinajstić information content (AvgIpc) is 3.15. The Kier molecular flexibility index (Phi) is 4.57. The molecule has 1 amide bonds. The van der Waals surface area contributed by atoms with Gasteiger partial charge in [-0.3, -0.25) is 14.2 Å². The molecule has 134 valence electrons. The van der Waals surface area contributed by atoms with E-state index >= 15 is 0 Å². The zero-order valence-electron chi connectivity index (χ0n) is 13.9. The Hall–Kier alpha value is -2.87. The quantitative estimate of drug-likeness (QED) is 0.741. The first-order valence-corrected chi connectivity index (χ1v) is 9.16. The number of thiophene rings is 1. The SMILES string of the molecule is O=C(CCn1cnc2sccc2c1=O)NCc1ccc2c(c1)OCCO2. The molecule has 0 radical (unpaired) electrons. The molecular formula is C18H17N3O4S. The Morgan fingerprint density at radius 3 is 2.96 bits per heavy atom. The lowest BCUT2D eigenvalue weighted by atomic mass is 10.2. The molecule has 0 saturated heterocycles. The Morgan fingerprint density at radius 1 is 1.23 bits per heavy atom. The molecule has 7 nitrogen and oxygen atoms in total. The highest BCUT2D eigenvalue weighted by Gasteiger charge is 2.12. The average molecular weight is 371 g/mol. The highest BCUT2D eigenvalue weighted by Crippen LogP contribution is 2.30. The number of carbonyl (C=O) groups is 1. The van der Waals surface area contributed by atoms with Crippen LogP contribution in [-0.2, 0) is 17.9 Å². The number of fused-ring (bicyclic) bond motifs is 2. The van der Waals surface area contributed by atoms with Crippen LogP contribution in [0, 0.1) is 0 Å². The van der Waals surface area contributed by atoms with Crippen LogP contribution in [0.5, 0.6) is 11.5 Å². The number of hydrogen-bond acceptors (Lipinski definition) is 6. The third kappa shape index (κ3) is 3.41. The highest BCUT2D eigenvalue weighted by atomic mass is 32.1. The van der Waals surface area contributed by atoms with Gasteiger partial charge in [0.15, 0.2) is 11.5 Å². The number of nitrogens with one attached hydrogen (secondary N) is 1. The van der Waals surface area contributed by atoms with Crippen LogP contribution in [0.25, 0.3) is 10.2 Å². The van der Waals surface area contributed by atoms with Crippen LogP contribution in [0.15, 0.2) is 40.8 Å². The van der Waals surface area contributed by atoms with Crippen LogP contribution < -0.4 is 20.3 Å². The summed E-state index contributed by atoms with van der Waals surface area (Å²) in [6, 6.07) is 7.37. The number of nitrogens with zero attached hydrogens (tertiary/aromatic N) is 2. The number of amides is 1. The first-order valence-electron chi connectivity index (χ1n) is 8.28. The molecule has 1 aliphatic heterocycles. The minimum absolute atomic E-state index is 0.115. The Bertz CT molecular complexity index is 1010. The molecule has 3 heterocycles. The van der Waals surface area contributed by atoms with Gasteiger partial charge in [0.1, 0.15) is 18.0 Å². The van der Waals surface area contributed by atoms with Crippen molar-refractivity contribution in [1.29, 1.82) is 0 Å². The van der Waals surface area contributed by atoms with Gasteiger partial charge in [-0.05, 0) is 29.1 Å². The molecule has 1 aromatic carbocycles. The second-order valence-electron chi connectivity index (χ2n) is 5.89. The third-order valence-electron chi connectivity index (χ3n) is 4.13. The van der Waals surface area contributed by atoms with Crippen molar-refractivity contribution >= 4 is 27.5 Å². The Balaban J connectivity index is 1.34. The van der Waals surface area contributed by atoms with E-state index in [9.17, 15) is 9.59 Å². The second kappa shape index (κ2) is 7.17. The van der Waals surface area contributed by atoms with Gasteiger partial charge in [0.25, 0.3) is 5.56 Å². The van der Waals surface area contributed by atoms with Gasteiger partial charge in [-0.15, -0.1) is 11.3 Å². The summed E-state index contributed by atoms with van der Waals surface area (Å²) in [5.74, 6) is 1.30. The van der Waals surface area contributed by atoms with Crippen LogP contribution >= 0.6 is 11.3 Å². The lowest BCUT2D eigenvalue weighted by molar-refractivity contribution is -0.121. The smallest absolute Gasteiger partial charge is 0.262 e. The van der Waals surface area contributed by atoms with Crippen LogP contribution in [0.4, 0.5) is 0 Å². The van der Waals surface area contributed by atoms with Crippen LogP contribution in [-0.4, -0.2) is 28.7 Å². The fraction of sp³-hybridized carbons (Fsp3) is 0.278. The maximum Gasteiger partial charge on any atom is 0.262 e. The lowest BCUT2D eigenvalue weighted by Crippen LogP contribution is -2.27. The van der Waals surface area contributed by atoms with Gasteiger partial charge >= 0.3 is 0 Å². The Morgan fingerprint density at radius 2 is 2.08 bits per heavy atom. The van der Waals surface area contributed by atoms with Gasteiger partial charge in [-0.25, -0.2) is 4.98 Å². The largest absolute Gasteiger partial charge is 0.486 e. The summed E-state index contributed by atoms with van der Waals surface area (Å²) in [6.07, 6.45) is 1.71. The summed E-state index contributed by atoms with van der Waals surface area (Å²) in [4.78, 5) is 29.3. The molecule has 0 unspecified atom stereocenters. The number of rotatable bonds is 5. The first-order chi connectivity index (χ1) is 12.7. The van der Waals surface area contributed by atoms with Crippen molar-refractivity contribution in [3.05, 3.63) is 51.9 Å². The topological polar surface area (TPSA) is 82.5 Å². The number of carbonyl (C=O) groups excluding carboxylic acids is 1. The number of aryl methyl sites for hydroxylation is 1. The minimum atomic E-state index is -0.128. The van der Waals surface area contributed by atoms with Crippen LogP contribution in [0.2, 0.25) is 0 Å². The van der Waals surface area contributed by atoms with Crippen molar-refractivity contribution in [2.45, 2.75) is 19.5 Å². The van der Waals surface area contributed by atoms with E-state index in [0.29, 0.717) is 42.3 Å². The van der Waals surface area contributed by atoms with Gasteiger partial charge in [0.05, 0.1) is 11.7 Å². The summed E-state index contributed by atoms with van der Waals surface area (Å²) in [5, 5.41) is 5.29. The van der Waals surface area contributed by atoms with E-state index in [4.69, 9.17) is 9.47 Å². The third-order valence-corrected chi connectivity index (χ3v) is 4.95. The predicted octanol–water partition coefficient (Wildman–Crippen LogP) is 1.94. The second-order valence-corrected chi connectivity index (χ2v) is 6.78. The molecule has 8 heteroatoms. The molecular weight excluding hydrogens is 354 g/mol. The fourth-order valence-corrected chi connectivity index (χ4v) is 3.48. The molecule has 1 aliphatic rings. The maximum absolute atomic E-state index is 12.3. The first kappa shape index (κ1) is 16.6. The van der Waals surface area contributed by atoms with E-state index in [1.54, 1.807) is 6.07 Å². The van der Waals surface area contributed by atoms with Gasteiger partial charge in [0, 0.05) is 19.5 Å². The molecule has 4 rings (SSSR count). The van der Waals surface area contributed by atoms with Crippen LogP contribution in [0.1, 0.15) is 12.0 Å². The Labute approximate surface area is 153 Å². The summed E-state index contributed by atoms with van der Waals surface area (Å²) in [5.41, 5.74) is 0.817. The van der Waals surface area contributed by atoms with E-state index in [-0.39, 0.29) is 17.9 Å². The van der Waals surface area contributed by atoms with E-state index in [1.165, 1.54) is 22.2 Å². The van der Waals surface area contributed by atoms with E-state index < -0.39 is 0 Å². The molecule has 0 bridgehead atoms. The standard InChI is InChI=1S/C18H17N3O4S/c22-16(3-5-21-11-20-17-13(18(21)23)4-8-26-17)19-10-12-1-2-14-15(9-12)25-7-6-24-14/h1-2,4,8-9,11H,3,5-7,10H2,(H,19,22). The molecule has 0 saturated carbocycles. The summed E-state index contributed by atoms with van der Waals surface area (Å²) < 4.78 is 12.5. The predicted molar refractivity (Wildman–Crippen MR) is 97.8 cm³/mol. The molecule has 0 spiro atoms.